The van der Waals surface area contributed by atoms with Crippen molar-refractivity contribution in [3.8, 4) is 0 Å². The van der Waals surface area contributed by atoms with Gasteiger partial charge in [-0.05, 0) is 63.1 Å². The zero-order chi connectivity index (χ0) is 20.0. The maximum absolute atomic E-state index is 12.9. The second-order valence-electron chi connectivity index (χ2n) is 6.48. The standard InChI is InChI=1S/C21H24FN3O2/c1-13(15(3)20(26)25-18-8-6-17(22)7-9-18)11-12-23-21(27)19-10-5-14(2)16(4)24-19/h5-10,15H,1,11-12H2,2-4H3,(H,23,27)(H,25,26)/t15-/m0/s1. The third kappa shape index (κ3) is 5.74. The third-order valence-corrected chi connectivity index (χ3v) is 4.43. The van der Waals surface area contributed by atoms with Gasteiger partial charge in [-0.1, -0.05) is 18.2 Å². The second kappa shape index (κ2) is 9.07. The van der Waals surface area contributed by atoms with Crippen molar-refractivity contribution in [1.29, 1.82) is 0 Å². The summed E-state index contributed by atoms with van der Waals surface area (Å²) >= 11 is 0. The fourth-order valence-electron chi connectivity index (χ4n) is 2.37. The second-order valence-corrected chi connectivity index (χ2v) is 6.48. The van der Waals surface area contributed by atoms with Gasteiger partial charge in [-0.15, -0.1) is 0 Å². The molecule has 0 aliphatic heterocycles. The first-order chi connectivity index (χ1) is 12.8. The largest absolute Gasteiger partial charge is 0.350 e. The van der Waals surface area contributed by atoms with E-state index < -0.39 is 5.92 Å². The summed E-state index contributed by atoms with van der Waals surface area (Å²) in [6.07, 6.45) is 0.467. The number of amides is 2. The van der Waals surface area contributed by atoms with Crippen molar-refractivity contribution in [1.82, 2.24) is 10.3 Å². The number of aromatic nitrogens is 1. The number of halogens is 1. The summed E-state index contributed by atoms with van der Waals surface area (Å²) < 4.78 is 12.9. The number of anilines is 1. The van der Waals surface area contributed by atoms with Crippen LogP contribution in [0.4, 0.5) is 10.1 Å². The van der Waals surface area contributed by atoms with Gasteiger partial charge in [0, 0.05) is 17.9 Å². The van der Waals surface area contributed by atoms with Crippen LogP contribution < -0.4 is 10.6 Å². The average molecular weight is 369 g/mol. The molecule has 0 radical (unpaired) electrons. The van der Waals surface area contributed by atoms with Crippen LogP contribution in [0.1, 0.15) is 35.1 Å². The predicted molar refractivity (Wildman–Crippen MR) is 104 cm³/mol. The summed E-state index contributed by atoms with van der Waals surface area (Å²) in [6, 6.07) is 9.11. The lowest BCUT2D eigenvalue weighted by Crippen LogP contribution is -2.28. The summed E-state index contributed by atoms with van der Waals surface area (Å²) in [7, 11) is 0. The molecule has 6 heteroatoms. The van der Waals surface area contributed by atoms with Gasteiger partial charge in [-0.25, -0.2) is 9.37 Å². The van der Waals surface area contributed by atoms with Crippen molar-refractivity contribution in [3.05, 3.63) is 71.3 Å². The Morgan fingerprint density at radius 2 is 1.81 bits per heavy atom. The third-order valence-electron chi connectivity index (χ3n) is 4.43. The number of aryl methyl sites for hydroxylation is 2. The molecular formula is C21H24FN3O2. The lowest BCUT2D eigenvalue weighted by molar-refractivity contribution is -0.118. The van der Waals surface area contributed by atoms with E-state index in [4.69, 9.17) is 0 Å². The highest BCUT2D eigenvalue weighted by Gasteiger charge is 2.17. The Kier molecular flexibility index (Phi) is 6.82. The molecule has 5 nitrogen and oxygen atoms in total. The van der Waals surface area contributed by atoms with Crippen molar-refractivity contribution in [2.45, 2.75) is 27.2 Å². The average Bonchev–Trinajstić information content (AvgIpc) is 2.64. The highest BCUT2D eigenvalue weighted by Crippen LogP contribution is 2.16. The number of hydrogen-bond acceptors (Lipinski definition) is 3. The summed E-state index contributed by atoms with van der Waals surface area (Å²) in [5.41, 5.74) is 3.43. The molecule has 27 heavy (non-hydrogen) atoms. The highest BCUT2D eigenvalue weighted by molar-refractivity contribution is 5.94. The van der Waals surface area contributed by atoms with Crippen molar-refractivity contribution in [2.24, 2.45) is 5.92 Å². The molecule has 0 saturated carbocycles. The number of nitrogens with one attached hydrogen (secondary N) is 2. The number of carbonyl (C=O) groups is 2. The number of pyridine rings is 1. The molecule has 0 spiro atoms. The molecule has 2 rings (SSSR count). The van der Waals surface area contributed by atoms with Crippen LogP contribution in [0, 0.1) is 25.6 Å². The van der Waals surface area contributed by atoms with Crippen LogP contribution in [-0.2, 0) is 4.79 Å². The molecule has 0 bridgehead atoms. The summed E-state index contributed by atoms with van der Waals surface area (Å²) in [5.74, 6) is -1.28. The predicted octanol–water partition coefficient (Wildman–Crippen LogP) is 3.79. The maximum Gasteiger partial charge on any atom is 0.269 e. The van der Waals surface area contributed by atoms with E-state index in [-0.39, 0.29) is 17.6 Å². The van der Waals surface area contributed by atoms with Gasteiger partial charge in [0.2, 0.25) is 5.91 Å². The Morgan fingerprint density at radius 1 is 1.15 bits per heavy atom. The molecule has 0 aliphatic carbocycles. The molecule has 1 atom stereocenters. The highest BCUT2D eigenvalue weighted by atomic mass is 19.1. The molecule has 0 saturated heterocycles. The van der Waals surface area contributed by atoms with E-state index in [1.165, 1.54) is 24.3 Å². The smallest absolute Gasteiger partial charge is 0.269 e. The van der Waals surface area contributed by atoms with Gasteiger partial charge < -0.3 is 10.6 Å². The van der Waals surface area contributed by atoms with E-state index in [9.17, 15) is 14.0 Å². The van der Waals surface area contributed by atoms with Crippen LogP contribution in [0.5, 0.6) is 0 Å². The molecule has 142 valence electrons. The van der Waals surface area contributed by atoms with Crippen molar-refractivity contribution in [3.63, 3.8) is 0 Å². The number of carbonyl (C=O) groups excluding carboxylic acids is 2. The van der Waals surface area contributed by atoms with Crippen LogP contribution in [0.25, 0.3) is 0 Å². The number of hydrogen-bond donors (Lipinski definition) is 2. The zero-order valence-corrected chi connectivity index (χ0v) is 15.8. The van der Waals surface area contributed by atoms with Gasteiger partial charge in [-0.2, -0.15) is 0 Å². The minimum atomic E-state index is -0.438. The summed E-state index contributed by atoms with van der Waals surface area (Å²) in [4.78, 5) is 28.7. The van der Waals surface area contributed by atoms with E-state index in [0.717, 1.165) is 11.3 Å². The van der Waals surface area contributed by atoms with Crippen LogP contribution >= 0.6 is 0 Å². The normalized spacial score (nSPS) is 11.6. The molecule has 1 aromatic heterocycles. The van der Waals surface area contributed by atoms with Crippen molar-refractivity contribution in [2.75, 3.05) is 11.9 Å². The first-order valence-corrected chi connectivity index (χ1v) is 8.74. The molecule has 0 aliphatic rings. The Balaban J connectivity index is 1.81. The van der Waals surface area contributed by atoms with Gasteiger partial charge in [0.05, 0.1) is 5.92 Å². The fraction of sp³-hybridized carbons (Fsp3) is 0.286. The molecule has 0 unspecified atom stereocenters. The molecule has 2 aromatic rings. The monoisotopic (exact) mass is 369 g/mol. The number of nitrogens with zero attached hydrogens (tertiary/aromatic N) is 1. The quantitative estimate of drug-likeness (QED) is 0.730. The topological polar surface area (TPSA) is 71.1 Å². The Labute approximate surface area is 158 Å². The van der Waals surface area contributed by atoms with Crippen LogP contribution in [-0.4, -0.2) is 23.3 Å². The molecule has 1 aromatic carbocycles. The molecule has 1 heterocycles. The molecule has 2 N–H and O–H groups in total. The van der Waals surface area contributed by atoms with Gasteiger partial charge >= 0.3 is 0 Å². The lowest BCUT2D eigenvalue weighted by atomic mass is 9.98. The number of rotatable bonds is 7. The fourth-order valence-corrected chi connectivity index (χ4v) is 2.37. The molecular weight excluding hydrogens is 345 g/mol. The van der Waals surface area contributed by atoms with E-state index in [1.54, 1.807) is 13.0 Å². The zero-order valence-electron chi connectivity index (χ0n) is 15.8. The van der Waals surface area contributed by atoms with E-state index in [1.807, 2.05) is 19.9 Å². The minimum absolute atomic E-state index is 0.228. The van der Waals surface area contributed by atoms with Gasteiger partial charge in [0.25, 0.3) is 5.91 Å². The van der Waals surface area contributed by atoms with Gasteiger partial charge in [0.15, 0.2) is 0 Å². The van der Waals surface area contributed by atoms with Gasteiger partial charge in [0.1, 0.15) is 11.5 Å². The first kappa shape index (κ1) is 20.3. The molecule has 2 amide bonds. The van der Waals surface area contributed by atoms with E-state index in [0.29, 0.717) is 29.9 Å². The SMILES string of the molecule is C=C(CCNC(=O)c1ccc(C)c(C)n1)[C@H](C)C(=O)Nc1ccc(F)cc1. The Morgan fingerprint density at radius 3 is 2.44 bits per heavy atom. The van der Waals surface area contributed by atoms with Crippen LogP contribution in [0.2, 0.25) is 0 Å². The van der Waals surface area contributed by atoms with Crippen molar-refractivity contribution >= 4 is 17.5 Å². The van der Waals surface area contributed by atoms with E-state index >= 15 is 0 Å². The molecule has 0 fully saturated rings. The van der Waals surface area contributed by atoms with Gasteiger partial charge in [-0.3, -0.25) is 9.59 Å². The van der Waals surface area contributed by atoms with E-state index in [2.05, 4.69) is 22.2 Å². The Bertz CT molecular complexity index is 847. The lowest BCUT2D eigenvalue weighted by Gasteiger charge is -2.15. The summed E-state index contributed by atoms with van der Waals surface area (Å²) in [5, 5.41) is 5.51. The van der Waals surface area contributed by atoms with Crippen molar-refractivity contribution < 1.29 is 14.0 Å². The first-order valence-electron chi connectivity index (χ1n) is 8.74. The summed E-state index contributed by atoms with van der Waals surface area (Å²) in [6.45, 7) is 9.84. The minimum Gasteiger partial charge on any atom is -0.350 e. The number of benzene rings is 1. The maximum atomic E-state index is 12.9. The van der Waals surface area contributed by atoms with Crippen LogP contribution in [0.3, 0.4) is 0 Å². The Hall–Kier alpha value is -3.02. The van der Waals surface area contributed by atoms with Crippen LogP contribution in [0.15, 0.2) is 48.6 Å².